The second kappa shape index (κ2) is 9.05. The molecule has 0 aliphatic rings. The summed E-state index contributed by atoms with van der Waals surface area (Å²) >= 11 is 5.14. The smallest absolute Gasteiger partial charge is 0.195 e. The van der Waals surface area contributed by atoms with Gasteiger partial charge < -0.3 is 14.4 Å². The number of hydrogen-bond donors (Lipinski definition) is 2. The zero-order chi connectivity index (χ0) is 15.0. The molecule has 1 heterocycles. The fourth-order valence-corrected chi connectivity index (χ4v) is 2.00. The molecule has 0 fully saturated rings. The second-order valence-corrected chi connectivity index (χ2v) is 5.68. The third kappa shape index (κ3) is 5.98. The van der Waals surface area contributed by atoms with Gasteiger partial charge in [0.05, 0.1) is 12.7 Å². The highest BCUT2D eigenvalue weighted by Gasteiger charge is 2.09. The van der Waals surface area contributed by atoms with Gasteiger partial charge in [-0.1, -0.05) is 19.9 Å². The lowest BCUT2D eigenvalue weighted by Gasteiger charge is -2.12. The molecule has 0 saturated heterocycles. The van der Waals surface area contributed by atoms with Crippen LogP contribution in [0.3, 0.4) is 0 Å². The fourth-order valence-electron chi connectivity index (χ4n) is 1.78. The third-order valence-electron chi connectivity index (χ3n) is 3.00. The van der Waals surface area contributed by atoms with Crippen LogP contribution in [0.4, 0.5) is 0 Å². The maximum Gasteiger partial charge on any atom is 0.195 e. The van der Waals surface area contributed by atoms with Crippen molar-refractivity contribution in [2.45, 2.75) is 45.8 Å². The molecule has 0 spiro atoms. The molecule has 1 aromatic heterocycles. The van der Waals surface area contributed by atoms with E-state index in [0.29, 0.717) is 43.3 Å². The minimum atomic E-state index is -0.468. The van der Waals surface area contributed by atoms with E-state index in [9.17, 15) is 5.11 Å². The van der Waals surface area contributed by atoms with Crippen molar-refractivity contribution in [2.75, 3.05) is 13.2 Å². The van der Waals surface area contributed by atoms with Crippen LogP contribution in [0.15, 0.2) is 12.7 Å². The largest absolute Gasteiger partial charge is 0.391 e. The standard InChI is InChI=1S/C14H25N3O2S/c1-4-8-17-13(15-16-14(17)20)6-5-12(18)10-19-9-7-11(2)3/h4,11-12,18H,1,5-10H2,2-3H3,(H,16,20)/t12-/m1/s1. The number of aromatic nitrogens is 3. The molecule has 20 heavy (non-hydrogen) atoms. The molecule has 1 rings (SSSR count). The van der Waals surface area contributed by atoms with Gasteiger partial charge in [0.2, 0.25) is 0 Å². The van der Waals surface area contributed by atoms with Crippen LogP contribution < -0.4 is 0 Å². The van der Waals surface area contributed by atoms with Crippen molar-refractivity contribution in [3.05, 3.63) is 23.3 Å². The molecule has 0 bridgehead atoms. The number of H-pyrrole nitrogens is 1. The summed E-state index contributed by atoms with van der Waals surface area (Å²) in [6.07, 6.45) is 3.60. The zero-order valence-electron chi connectivity index (χ0n) is 12.3. The molecule has 0 aliphatic carbocycles. The lowest BCUT2D eigenvalue weighted by molar-refractivity contribution is 0.0285. The Bertz CT molecular complexity index is 454. The van der Waals surface area contributed by atoms with Crippen LogP contribution in [0.2, 0.25) is 0 Å². The Balaban J connectivity index is 2.32. The number of aliphatic hydroxyl groups is 1. The summed E-state index contributed by atoms with van der Waals surface area (Å²) in [6.45, 7) is 9.71. The van der Waals surface area contributed by atoms with Crippen molar-refractivity contribution in [1.82, 2.24) is 14.8 Å². The number of aromatic amines is 1. The minimum absolute atomic E-state index is 0.374. The minimum Gasteiger partial charge on any atom is -0.391 e. The molecule has 0 aliphatic heterocycles. The number of hydrogen-bond acceptors (Lipinski definition) is 4. The molecule has 5 nitrogen and oxygen atoms in total. The summed E-state index contributed by atoms with van der Waals surface area (Å²) in [7, 11) is 0. The van der Waals surface area contributed by atoms with Gasteiger partial charge in [0.15, 0.2) is 4.77 Å². The number of aryl methyl sites for hydroxylation is 1. The first-order chi connectivity index (χ1) is 9.54. The lowest BCUT2D eigenvalue weighted by Crippen LogP contribution is -2.18. The van der Waals surface area contributed by atoms with Crippen LogP contribution in [0, 0.1) is 10.7 Å². The van der Waals surface area contributed by atoms with Gasteiger partial charge in [-0.2, -0.15) is 5.10 Å². The molecular weight excluding hydrogens is 274 g/mol. The van der Waals surface area contributed by atoms with Crippen LogP contribution in [-0.4, -0.2) is 39.2 Å². The topological polar surface area (TPSA) is 63.1 Å². The summed E-state index contributed by atoms with van der Waals surface area (Å²) in [5.74, 6) is 1.47. The Labute approximate surface area is 125 Å². The highest BCUT2D eigenvalue weighted by atomic mass is 32.1. The van der Waals surface area contributed by atoms with E-state index >= 15 is 0 Å². The number of nitrogens with zero attached hydrogens (tertiary/aromatic N) is 2. The Morgan fingerprint density at radius 2 is 2.25 bits per heavy atom. The van der Waals surface area contributed by atoms with E-state index in [1.165, 1.54) is 0 Å². The van der Waals surface area contributed by atoms with Crippen molar-refractivity contribution < 1.29 is 9.84 Å². The van der Waals surface area contributed by atoms with E-state index in [1.807, 2.05) is 4.57 Å². The molecule has 0 amide bonds. The molecule has 1 aromatic rings. The molecule has 0 saturated carbocycles. The maximum absolute atomic E-state index is 9.88. The first kappa shape index (κ1) is 17.1. The molecule has 6 heteroatoms. The van der Waals surface area contributed by atoms with Crippen LogP contribution in [0.25, 0.3) is 0 Å². The number of aliphatic hydroxyl groups excluding tert-OH is 1. The van der Waals surface area contributed by atoms with Crippen LogP contribution in [0.1, 0.15) is 32.5 Å². The van der Waals surface area contributed by atoms with Gasteiger partial charge in [0, 0.05) is 19.6 Å². The van der Waals surface area contributed by atoms with E-state index < -0.39 is 6.10 Å². The van der Waals surface area contributed by atoms with Crippen molar-refractivity contribution in [1.29, 1.82) is 0 Å². The average Bonchev–Trinajstić information content (AvgIpc) is 2.74. The number of ether oxygens (including phenoxy) is 1. The van der Waals surface area contributed by atoms with Crippen molar-refractivity contribution >= 4 is 12.2 Å². The Morgan fingerprint density at radius 3 is 2.90 bits per heavy atom. The van der Waals surface area contributed by atoms with E-state index in [2.05, 4.69) is 30.6 Å². The summed E-state index contributed by atoms with van der Waals surface area (Å²) in [5.41, 5.74) is 0. The van der Waals surface area contributed by atoms with E-state index in [0.717, 1.165) is 12.2 Å². The third-order valence-corrected chi connectivity index (χ3v) is 3.31. The SMILES string of the molecule is C=CCn1c(CC[C@@H](O)COCCC(C)C)n[nH]c1=S. The molecular formula is C14H25N3O2S. The van der Waals surface area contributed by atoms with Crippen molar-refractivity contribution in [3.8, 4) is 0 Å². The summed E-state index contributed by atoms with van der Waals surface area (Å²) in [6, 6.07) is 0. The number of allylic oxidation sites excluding steroid dienone is 1. The van der Waals surface area contributed by atoms with Crippen molar-refractivity contribution in [3.63, 3.8) is 0 Å². The average molecular weight is 299 g/mol. The van der Waals surface area contributed by atoms with E-state index in [1.54, 1.807) is 6.08 Å². The molecule has 114 valence electrons. The summed E-state index contributed by atoms with van der Waals surface area (Å²) in [4.78, 5) is 0. The molecule has 1 atom stereocenters. The van der Waals surface area contributed by atoms with E-state index in [-0.39, 0.29) is 0 Å². The molecule has 0 unspecified atom stereocenters. The maximum atomic E-state index is 9.88. The highest BCUT2D eigenvalue weighted by molar-refractivity contribution is 7.71. The zero-order valence-corrected chi connectivity index (χ0v) is 13.2. The quantitative estimate of drug-likeness (QED) is 0.396. The van der Waals surface area contributed by atoms with Crippen LogP contribution in [-0.2, 0) is 17.7 Å². The highest BCUT2D eigenvalue weighted by Crippen LogP contribution is 2.06. The van der Waals surface area contributed by atoms with Crippen LogP contribution in [0.5, 0.6) is 0 Å². The Hall–Kier alpha value is -0.980. The Kier molecular flexibility index (Phi) is 7.72. The first-order valence-electron chi connectivity index (χ1n) is 7.05. The van der Waals surface area contributed by atoms with Gasteiger partial charge in [-0.05, 0) is 31.0 Å². The van der Waals surface area contributed by atoms with Crippen LogP contribution >= 0.6 is 12.2 Å². The van der Waals surface area contributed by atoms with Gasteiger partial charge in [-0.15, -0.1) is 6.58 Å². The van der Waals surface area contributed by atoms with Gasteiger partial charge in [0.1, 0.15) is 5.82 Å². The predicted octanol–water partition coefficient (Wildman–Crippen LogP) is 2.48. The number of rotatable bonds is 10. The van der Waals surface area contributed by atoms with E-state index in [4.69, 9.17) is 17.0 Å². The van der Waals surface area contributed by atoms with Gasteiger partial charge in [0.25, 0.3) is 0 Å². The first-order valence-corrected chi connectivity index (χ1v) is 7.46. The summed E-state index contributed by atoms with van der Waals surface area (Å²) in [5, 5.41) is 16.8. The Morgan fingerprint density at radius 1 is 1.50 bits per heavy atom. The fraction of sp³-hybridized carbons (Fsp3) is 0.714. The van der Waals surface area contributed by atoms with Gasteiger partial charge in [-0.3, -0.25) is 5.10 Å². The summed E-state index contributed by atoms with van der Waals surface area (Å²) < 4.78 is 7.93. The molecule has 0 aromatic carbocycles. The number of nitrogens with one attached hydrogen (secondary N) is 1. The monoisotopic (exact) mass is 299 g/mol. The molecule has 0 radical (unpaired) electrons. The lowest BCUT2D eigenvalue weighted by atomic mass is 10.1. The van der Waals surface area contributed by atoms with Gasteiger partial charge in [-0.25, -0.2) is 0 Å². The predicted molar refractivity (Wildman–Crippen MR) is 82.2 cm³/mol. The van der Waals surface area contributed by atoms with Gasteiger partial charge >= 0.3 is 0 Å². The van der Waals surface area contributed by atoms with Crippen molar-refractivity contribution in [2.24, 2.45) is 5.92 Å². The normalized spacial score (nSPS) is 12.8. The second-order valence-electron chi connectivity index (χ2n) is 5.29. The molecule has 2 N–H and O–H groups in total.